The summed E-state index contributed by atoms with van der Waals surface area (Å²) in [5.41, 5.74) is 5.65. The van der Waals surface area contributed by atoms with E-state index in [0.717, 1.165) is 5.56 Å². The van der Waals surface area contributed by atoms with Gasteiger partial charge in [0.2, 0.25) is 0 Å². The lowest BCUT2D eigenvalue weighted by atomic mass is 10.2. The van der Waals surface area contributed by atoms with E-state index in [1.165, 1.54) is 9.47 Å². The summed E-state index contributed by atoms with van der Waals surface area (Å²) in [6.45, 7) is 3.88. The minimum absolute atomic E-state index is 0.0304. The first kappa shape index (κ1) is 23.1. The zero-order valence-electron chi connectivity index (χ0n) is 17.9. The second-order valence-electron chi connectivity index (χ2n) is 7.71. The van der Waals surface area contributed by atoms with E-state index in [1.807, 2.05) is 44.2 Å². The number of aromatic amines is 1. The highest BCUT2D eigenvalue weighted by Crippen LogP contribution is 2.20. The van der Waals surface area contributed by atoms with Gasteiger partial charge in [-0.2, -0.15) is 0 Å². The van der Waals surface area contributed by atoms with Gasteiger partial charge in [-0.25, -0.2) is 4.79 Å². The second-order valence-corrected chi connectivity index (χ2v) is 8.14. The van der Waals surface area contributed by atoms with Crippen molar-refractivity contribution in [3.63, 3.8) is 0 Å². The molecule has 2 aromatic carbocycles. The van der Waals surface area contributed by atoms with Crippen molar-refractivity contribution >= 4 is 29.0 Å². The predicted molar refractivity (Wildman–Crippen MR) is 125 cm³/mol. The summed E-state index contributed by atoms with van der Waals surface area (Å²) < 4.78 is 6.81. The van der Waals surface area contributed by atoms with Crippen molar-refractivity contribution in [2.24, 2.45) is 5.92 Å². The van der Waals surface area contributed by atoms with E-state index >= 15 is 0 Å². The average Bonchev–Trinajstić information content (AvgIpc) is 2.75. The van der Waals surface area contributed by atoms with Crippen LogP contribution in [-0.4, -0.2) is 28.6 Å². The Hall–Kier alpha value is -3.52. The van der Waals surface area contributed by atoms with E-state index < -0.39 is 17.2 Å². The normalized spacial score (nSPS) is 10.9. The Bertz CT molecular complexity index is 1190. The molecule has 8 nitrogen and oxygen atoms in total. The van der Waals surface area contributed by atoms with Crippen LogP contribution in [0.15, 0.2) is 64.2 Å². The number of nitrogen functional groups attached to an aromatic ring is 1. The summed E-state index contributed by atoms with van der Waals surface area (Å²) in [6, 6.07) is 15.8. The molecule has 0 saturated carbocycles. The lowest BCUT2D eigenvalue weighted by Gasteiger charge is -2.26. The fourth-order valence-electron chi connectivity index (χ4n) is 3.20. The lowest BCUT2D eigenvalue weighted by molar-refractivity contribution is -0.120. The molecular weight excluding hydrogens is 432 g/mol. The molecule has 0 saturated heterocycles. The number of amides is 1. The number of ether oxygens (including phenoxy) is 1. The quantitative estimate of drug-likeness (QED) is 0.541. The molecule has 0 aliphatic heterocycles. The lowest BCUT2D eigenvalue weighted by Crippen LogP contribution is -2.44. The number of hydrogen-bond donors (Lipinski definition) is 2. The van der Waals surface area contributed by atoms with Gasteiger partial charge in [-0.3, -0.25) is 19.1 Å². The van der Waals surface area contributed by atoms with Gasteiger partial charge < -0.3 is 15.4 Å². The van der Waals surface area contributed by atoms with Crippen molar-refractivity contribution in [3.8, 4) is 5.75 Å². The van der Waals surface area contributed by atoms with Crippen molar-refractivity contribution in [1.29, 1.82) is 0 Å². The first-order chi connectivity index (χ1) is 15.3. The highest BCUT2D eigenvalue weighted by atomic mass is 35.5. The first-order valence-corrected chi connectivity index (χ1v) is 10.5. The maximum absolute atomic E-state index is 13.1. The van der Waals surface area contributed by atoms with Gasteiger partial charge in [0.25, 0.3) is 11.5 Å². The molecule has 9 heteroatoms. The van der Waals surface area contributed by atoms with Crippen LogP contribution in [0.25, 0.3) is 0 Å². The van der Waals surface area contributed by atoms with E-state index in [2.05, 4.69) is 4.98 Å². The third-order valence-corrected chi connectivity index (χ3v) is 4.94. The minimum atomic E-state index is -0.725. The molecule has 1 amide bonds. The Morgan fingerprint density at radius 3 is 2.41 bits per heavy atom. The number of carbonyl (C=O) groups is 1. The van der Waals surface area contributed by atoms with Crippen LogP contribution in [0.2, 0.25) is 5.02 Å². The van der Waals surface area contributed by atoms with Crippen LogP contribution in [0, 0.1) is 5.92 Å². The molecule has 1 heterocycles. The predicted octanol–water partition coefficient (Wildman–Crippen LogP) is 2.89. The van der Waals surface area contributed by atoms with E-state index in [1.54, 1.807) is 24.3 Å². The third kappa shape index (κ3) is 5.59. The maximum Gasteiger partial charge on any atom is 0.330 e. The average molecular weight is 457 g/mol. The zero-order chi connectivity index (χ0) is 23.3. The number of benzene rings is 2. The number of aromatic nitrogens is 2. The number of nitrogens with zero attached hydrogens (tertiary/aromatic N) is 2. The van der Waals surface area contributed by atoms with Crippen LogP contribution in [0.1, 0.15) is 19.4 Å². The van der Waals surface area contributed by atoms with Crippen LogP contribution in [-0.2, 0) is 11.3 Å². The number of H-pyrrole nitrogens is 1. The van der Waals surface area contributed by atoms with Gasteiger partial charge in [0.1, 0.15) is 11.6 Å². The number of nitrogens with two attached hydrogens (primary N) is 1. The first-order valence-electron chi connectivity index (χ1n) is 10.1. The van der Waals surface area contributed by atoms with E-state index in [9.17, 15) is 14.4 Å². The standard InChI is InChI=1S/C23H25ClN4O4/c1-15(2)12-27(19(29)14-32-18-10-8-17(24)9-11-18)20-21(25)28(23(31)26-22(20)30)13-16-6-4-3-5-7-16/h3-11,15H,12-14,25H2,1-2H3,(H,26,30,31). The smallest absolute Gasteiger partial charge is 0.330 e. The van der Waals surface area contributed by atoms with Crippen molar-refractivity contribution in [2.45, 2.75) is 20.4 Å². The van der Waals surface area contributed by atoms with Crippen molar-refractivity contribution in [2.75, 3.05) is 23.8 Å². The summed E-state index contributed by atoms with van der Waals surface area (Å²) >= 11 is 5.87. The van der Waals surface area contributed by atoms with E-state index in [0.29, 0.717) is 10.8 Å². The van der Waals surface area contributed by atoms with Crippen LogP contribution < -0.4 is 26.6 Å². The molecule has 0 radical (unpaired) electrons. The third-order valence-electron chi connectivity index (χ3n) is 4.69. The number of halogens is 1. The molecule has 0 bridgehead atoms. The molecule has 168 valence electrons. The Morgan fingerprint density at radius 1 is 1.12 bits per heavy atom. The fraction of sp³-hybridized carbons (Fsp3) is 0.261. The van der Waals surface area contributed by atoms with Crippen LogP contribution in [0.5, 0.6) is 5.75 Å². The summed E-state index contributed by atoms with van der Waals surface area (Å²) in [6.07, 6.45) is 0. The highest BCUT2D eigenvalue weighted by Gasteiger charge is 2.25. The maximum atomic E-state index is 13.1. The van der Waals surface area contributed by atoms with Gasteiger partial charge in [0, 0.05) is 11.6 Å². The molecule has 3 aromatic rings. The molecular formula is C23H25ClN4O4. The number of hydrogen-bond acceptors (Lipinski definition) is 5. The molecule has 0 aliphatic rings. The summed E-state index contributed by atoms with van der Waals surface area (Å²) in [5, 5.41) is 0.546. The Balaban J connectivity index is 1.94. The topological polar surface area (TPSA) is 110 Å². The fourth-order valence-corrected chi connectivity index (χ4v) is 3.32. The largest absolute Gasteiger partial charge is 0.484 e. The summed E-state index contributed by atoms with van der Waals surface area (Å²) in [4.78, 5) is 41.8. The van der Waals surface area contributed by atoms with E-state index in [4.69, 9.17) is 22.1 Å². The Kier molecular flexibility index (Phi) is 7.37. The Labute approximate surface area is 190 Å². The second kappa shape index (κ2) is 10.2. The zero-order valence-corrected chi connectivity index (χ0v) is 18.6. The number of rotatable bonds is 8. The minimum Gasteiger partial charge on any atom is -0.484 e. The van der Waals surface area contributed by atoms with Gasteiger partial charge in [-0.15, -0.1) is 0 Å². The number of carbonyl (C=O) groups excluding carboxylic acids is 1. The Morgan fingerprint density at radius 2 is 1.78 bits per heavy atom. The SMILES string of the molecule is CC(C)CN(C(=O)COc1ccc(Cl)cc1)c1c(N)n(Cc2ccccc2)c(=O)[nH]c1=O. The van der Waals surface area contributed by atoms with Gasteiger partial charge >= 0.3 is 5.69 Å². The molecule has 3 N–H and O–H groups in total. The molecule has 0 aliphatic carbocycles. The number of anilines is 2. The summed E-state index contributed by atoms with van der Waals surface area (Å²) in [5.74, 6) is -0.0511. The molecule has 0 fully saturated rings. The number of nitrogens with one attached hydrogen (secondary N) is 1. The van der Waals surface area contributed by atoms with Gasteiger partial charge in [0.15, 0.2) is 12.3 Å². The molecule has 1 aromatic heterocycles. The van der Waals surface area contributed by atoms with Crippen LogP contribution in [0.3, 0.4) is 0 Å². The van der Waals surface area contributed by atoms with Crippen molar-refractivity contribution < 1.29 is 9.53 Å². The van der Waals surface area contributed by atoms with Crippen LogP contribution >= 0.6 is 11.6 Å². The van der Waals surface area contributed by atoms with Crippen LogP contribution in [0.4, 0.5) is 11.5 Å². The molecule has 3 rings (SSSR count). The molecule has 0 spiro atoms. The molecule has 0 unspecified atom stereocenters. The monoisotopic (exact) mass is 456 g/mol. The summed E-state index contributed by atoms with van der Waals surface area (Å²) in [7, 11) is 0. The van der Waals surface area contributed by atoms with Crippen molar-refractivity contribution in [1.82, 2.24) is 9.55 Å². The highest BCUT2D eigenvalue weighted by molar-refractivity contribution is 6.30. The molecule has 32 heavy (non-hydrogen) atoms. The van der Waals surface area contributed by atoms with Crippen molar-refractivity contribution in [3.05, 3.63) is 86.0 Å². The van der Waals surface area contributed by atoms with E-state index in [-0.39, 0.29) is 37.1 Å². The molecule has 0 atom stereocenters. The van der Waals surface area contributed by atoms with Gasteiger partial charge in [-0.1, -0.05) is 55.8 Å². The van der Waals surface area contributed by atoms with Gasteiger partial charge in [0.05, 0.1) is 6.54 Å². The van der Waals surface area contributed by atoms with Gasteiger partial charge in [-0.05, 0) is 35.7 Å².